The van der Waals surface area contributed by atoms with Gasteiger partial charge in [-0.05, 0) is 38.5 Å². The lowest BCUT2D eigenvalue weighted by Gasteiger charge is -2.16. The summed E-state index contributed by atoms with van der Waals surface area (Å²) in [5.41, 5.74) is 2.78. The number of nitrogens with zero attached hydrogens (tertiary/aromatic N) is 5. The molecule has 9 heteroatoms. The van der Waals surface area contributed by atoms with Crippen LogP contribution in [-0.2, 0) is 12.1 Å². The van der Waals surface area contributed by atoms with Crippen molar-refractivity contribution in [1.29, 1.82) is 5.26 Å². The molecule has 0 spiro atoms. The normalized spacial score (nSPS) is 13.3. The maximum Gasteiger partial charge on any atom is 0.290 e. The first-order valence-electron chi connectivity index (χ1n) is 9.31. The number of H-pyrrole nitrogens is 1. The third-order valence-electron chi connectivity index (χ3n) is 5.17. The zero-order valence-corrected chi connectivity index (χ0v) is 17.1. The number of nitrogens with one attached hydrogen (secondary N) is 1. The van der Waals surface area contributed by atoms with Gasteiger partial charge in [-0.2, -0.15) is 10.4 Å². The summed E-state index contributed by atoms with van der Waals surface area (Å²) in [6.45, 7) is 5.65. The summed E-state index contributed by atoms with van der Waals surface area (Å²) in [5.74, 6) is 0.0348. The van der Waals surface area contributed by atoms with Crippen LogP contribution in [0.15, 0.2) is 35.5 Å². The van der Waals surface area contributed by atoms with Gasteiger partial charge in [-0.25, -0.2) is 0 Å². The van der Waals surface area contributed by atoms with E-state index in [1.807, 2.05) is 13.0 Å². The second-order valence-electron chi connectivity index (χ2n) is 7.64. The molecule has 0 aliphatic carbocycles. The molecule has 0 radical (unpaired) electrons. The minimum atomic E-state index is -0.821. The predicted octanol–water partition coefficient (Wildman–Crippen LogP) is 2.37. The van der Waals surface area contributed by atoms with Crippen LogP contribution in [0, 0.1) is 18.3 Å². The fourth-order valence-electron chi connectivity index (χ4n) is 3.43. The van der Waals surface area contributed by atoms with Crippen molar-refractivity contribution in [2.24, 2.45) is 0 Å². The van der Waals surface area contributed by atoms with Gasteiger partial charge >= 0.3 is 0 Å². The Morgan fingerprint density at radius 3 is 2.77 bits per heavy atom. The molecule has 0 aromatic carbocycles. The number of carbonyl (C=O) groups excluding carboxylic acids is 1. The molecule has 4 heterocycles. The van der Waals surface area contributed by atoms with Gasteiger partial charge in [-0.15, -0.1) is 0 Å². The number of methoxy groups -OCH3 is 1. The maximum atomic E-state index is 13.1. The third-order valence-corrected chi connectivity index (χ3v) is 5.17. The number of ether oxygens (including phenoxy) is 1. The van der Waals surface area contributed by atoms with Crippen molar-refractivity contribution in [3.8, 4) is 23.1 Å². The van der Waals surface area contributed by atoms with E-state index in [2.05, 4.69) is 21.1 Å². The number of aromatic nitrogens is 4. The third kappa shape index (κ3) is 3.03. The molecular formula is C21H20N6O3. The highest BCUT2D eigenvalue weighted by Gasteiger charge is 2.33. The number of carbonyl (C=O) groups is 1. The molecule has 0 unspecified atom stereocenters. The van der Waals surface area contributed by atoms with Gasteiger partial charge in [0.2, 0.25) is 0 Å². The van der Waals surface area contributed by atoms with Crippen molar-refractivity contribution in [2.45, 2.75) is 32.9 Å². The second-order valence-corrected chi connectivity index (χ2v) is 7.64. The van der Waals surface area contributed by atoms with Crippen LogP contribution in [0.5, 0.6) is 5.75 Å². The minimum absolute atomic E-state index is 0.157. The average molecular weight is 404 g/mol. The molecule has 0 saturated heterocycles. The first-order valence-corrected chi connectivity index (χ1v) is 9.31. The summed E-state index contributed by atoms with van der Waals surface area (Å²) in [5, 5.41) is 13.6. The number of anilines is 1. The molecule has 1 aliphatic heterocycles. The zero-order chi connectivity index (χ0) is 21.6. The van der Waals surface area contributed by atoms with Gasteiger partial charge in [0.15, 0.2) is 5.75 Å². The Balaban J connectivity index is 1.71. The largest absolute Gasteiger partial charge is 0.491 e. The van der Waals surface area contributed by atoms with Crippen molar-refractivity contribution in [3.05, 3.63) is 57.9 Å². The second kappa shape index (κ2) is 6.84. The van der Waals surface area contributed by atoms with E-state index < -0.39 is 5.54 Å². The van der Waals surface area contributed by atoms with E-state index in [0.29, 0.717) is 34.7 Å². The lowest BCUT2D eigenvalue weighted by Crippen LogP contribution is -2.25. The Labute approximate surface area is 172 Å². The Bertz CT molecular complexity index is 1260. The summed E-state index contributed by atoms with van der Waals surface area (Å²) in [6.07, 6.45) is 4.84. The molecule has 3 aromatic rings. The Hall–Kier alpha value is -3.93. The fourth-order valence-corrected chi connectivity index (χ4v) is 3.43. The van der Waals surface area contributed by atoms with Gasteiger partial charge in [-0.1, -0.05) is 0 Å². The van der Waals surface area contributed by atoms with Crippen molar-refractivity contribution in [2.75, 3.05) is 12.0 Å². The number of hydrogen-bond acceptors (Lipinski definition) is 6. The molecule has 1 N–H and O–H groups in total. The average Bonchev–Trinajstić information content (AvgIpc) is 3.34. The molecule has 152 valence electrons. The Morgan fingerprint density at radius 2 is 2.07 bits per heavy atom. The first kappa shape index (κ1) is 19.4. The molecule has 0 bridgehead atoms. The predicted molar refractivity (Wildman–Crippen MR) is 109 cm³/mol. The highest BCUT2D eigenvalue weighted by molar-refractivity contribution is 6.10. The number of fused-ring (bicyclic) bond motifs is 1. The highest BCUT2D eigenvalue weighted by Crippen LogP contribution is 2.32. The Kier molecular flexibility index (Phi) is 4.42. The van der Waals surface area contributed by atoms with Crippen molar-refractivity contribution in [3.63, 3.8) is 0 Å². The number of hydrogen-bond donors (Lipinski definition) is 1. The molecule has 0 atom stereocenters. The molecule has 0 saturated carbocycles. The smallest absolute Gasteiger partial charge is 0.290 e. The van der Waals surface area contributed by atoms with Crippen molar-refractivity contribution >= 4 is 11.6 Å². The van der Waals surface area contributed by atoms with Crippen LogP contribution < -0.4 is 15.2 Å². The lowest BCUT2D eigenvalue weighted by atomic mass is 10.1. The van der Waals surface area contributed by atoms with E-state index in [9.17, 15) is 14.9 Å². The minimum Gasteiger partial charge on any atom is -0.491 e. The van der Waals surface area contributed by atoms with Gasteiger partial charge in [0.1, 0.15) is 5.54 Å². The summed E-state index contributed by atoms with van der Waals surface area (Å²) in [6, 6.07) is 5.62. The van der Waals surface area contributed by atoms with Crippen LogP contribution in [0.2, 0.25) is 0 Å². The Morgan fingerprint density at radius 1 is 1.30 bits per heavy atom. The molecule has 9 nitrogen and oxygen atoms in total. The molecule has 30 heavy (non-hydrogen) atoms. The van der Waals surface area contributed by atoms with Crippen LogP contribution in [0.1, 0.15) is 35.5 Å². The van der Waals surface area contributed by atoms with E-state index in [0.717, 1.165) is 5.56 Å². The molecule has 3 aromatic heterocycles. The van der Waals surface area contributed by atoms with Crippen LogP contribution in [-0.4, -0.2) is 32.8 Å². The number of amides is 1. The van der Waals surface area contributed by atoms with Crippen molar-refractivity contribution < 1.29 is 9.53 Å². The van der Waals surface area contributed by atoms with E-state index in [-0.39, 0.29) is 17.2 Å². The maximum absolute atomic E-state index is 13.1. The van der Waals surface area contributed by atoms with Gasteiger partial charge in [-0.3, -0.25) is 24.2 Å². The molecule has 1 amide bonds. The van der Waals surface area contributed by atoms with Crippen LogP contribution in [0.25, 0.3) is 11.3 Å². The summed E-state index contributed by atoms with van der Waals surface area (Å²) in [7, 11) is 1.43. The van der Waals surface area contributed by atoms with E-state index in [4.69, 9.17) is 4.74 Å². The van der Waals surface area contributed by atoms with Crippen LogP contribution in [0.4, 0.5) is 5.69 Å². The summed E-state index contributed by atoms with van der Waals surface area (Å²) < 4.78 is 6.63. The standard InChI is InChI=1S/C21H20N6O3/c1-12-5-15(13-6-17(30-4)19(28)23-7-13)25-16-10-26(20(29)18(12)16)14-8-24-27(9-14)21(2,3)11-22/h5-9H,10H2,1-4H3,(H,23,28). The van der Waals surface area contributed by atoms with Crippen LogP contribution >= 0.6 is 0 Å². The van der Waals surface area contributed by atoms with E-state index in [1.165, 1.54) is 11.8 Å². The van der Waals surface area contributed by atoms with Gasteiger partial charge in [0, 0.05) is 11.8 Å². The molecule has 0 fully saturated rings. The zero-order valence-electron chi connectivity index (χ0n) is 17.1. The topological polar surface area (TPSA) is 117 Å². The summed E-state index contributed by atoms with van der Waals surface area (Å²) in [4.78, 5) is 33.7. The SMILES string of the molecule is COc1cc(-c2cc(C)c3c(n2)CN(c2cnn(C(C)(C)C#N)c2)C3=O)c[nH]c1=O. The number of pyridine rings is 2. The molecule has 1 aliphatic rings. The number of rotatable bonds is 4. The van der Waals surface area contributed by atoms with Crippen LogP contribution in [0.3, 0.4) is 0 Å². The van der Waals surface area contributed by atoms with E-state index in [1.54, 1.807) is 43.4 Å². The van der Waals surface area contributed by atoms with Gasteiger partial charge < -0.3 is 9.72 Å². The summed E-state index contributed by atoms with van der Waals surface area (Å²) >= 11 is 0. The molecule has 4 rings (SSSR count). The number of aryl methyl sites for hydroxylation is 1. The fraction of sp³-hybridized carbons (Fsp3) is 0.286. The first-order chi connectivity index (χ1) is 14.2. The number of nitriles is 1. The number of aromatic amines is 1. The highest BCUT2D eigenvalue weighted by atomic mass is 16.5. The quantitative estimate of drug-likeness (QED) is 0.713. The van der Waals surface area contributed by atoms with Gasteiger partial charge in [0.25, 0.3) is 11.5 Å². The van der Waals surface area contributed by atoms with Gasteiger partial charge in [0.05, 0.1) is 54.8 Å². The molecular weight excluding hydrogens is 384 g/mol. The van der Waals surface area contributed by atoms with E-state index >= 15 is 0 Å². The monoisotopic (exact) mass is 404 g/mol. The lowest BCUT2D eigenvalue weighted by molar-refractivity contribution is 0.0996. The van der Waals surface area contributed by atoms with Crippen molar-refractivity contribution in [1.82, 2.24) is 19.7 Å².